The molecule has 14 heavy (non-hydrogen) atoms. The fraction of sp³-hybridized carbons (Fsp3) is 0.143. The summed E-state index contributed by atoms with van der Waals surface area (Å²) in [6.45, 7) is -5.18. The first-order chi connectivity index (χ1) is 6.29. The maximum Gasteiger partial charge on any atom is 0.482 e. The summed E-state index contributed by atoms with van der Waals surface area (Å²) in [4.78, 5) is 0. The first-order valence-corrected chi connectivity index (χ1v) is 3.64. The van der Waals surface area contributed by atoms with Crippen LogP contribution in [0.3, 0.4) is 0 Å². The third kappa shape index (κ3) is 2.68. The van der Waals surface area contributed by atoms with Gasteiger partial charge in [0.1, 0.15) is 0 Å². The highest BCUT2D eigenvalue weighted by molar-refractivity contribution is 6.57. The molecule has 0 aliphatic carbocycles. The van der Waals surface area contributed by atoms with Gasteiger partial charge in [-0.3, -0.25) is 0 Å². The van der Waals surface area contributed by atoms with Gasteiger partial charge in [-0.25, -0.2) is 13.2 Å². The average molecular weight is 213 g/mol. The molecule has 0 saturated carbocycles. The predicted octanol–water partition coefficient (Wildman–Crippen LogP) is 3.03. The maximum atomic E-state index is 12.4. The van der Waals surface area contributed by atoms with Gasteiger partial charge in [-0.05, 0) is 12.1 Å². The average Bonchev–Trinajstić information content (AvgIpc) is 1.96. The van der Waals surface area contributed by atoms with Gasteiger partial charge in [-0.2, -0.15) is 0 Å². The molecule has 0 aromatic heterocycles. The number of halogens is 6. The number of benzene rings is 1. The zero-order valence-corrected chi connectivity index (χ0v) is 6.71. The van der Waals surface area contributed by atoms with Crippen molar-refractivity contribution in [2.24, 2.45) is 0 Å². The molecule has 0 heterocycles. The Balaban J connectivity index is 3.02. The molecule has 0 N–H and O–H groups in total. The Morgan fingerprint density at radius 3 is 1.71 bits per heavy atom. The highest BCUT2D eigenvalue weighted by Crippen LogP contribution is 2.19. The van der Waals surface area contributed by atoms with Crippen molar-refractivity contribution in [2.45, 2.75) is 6.32 Å². The van der Waals surface area contributed by atoms with Gasteiger partial charge in [-0.15, -0.1) is 0 Å². The Hall–Kier alpha value is -1.14. The molecular formula is C7H4BF6-. The van der Waals surface area contributed by atoms with E-state index in [0.29, 0.717) is 12.1 Å². The fourth-order valence-electron chi connectivity index (χ4n) is 0.993. The molecule has 0 spiro atoms. The highest BCUT2D eigenvalue weighted by atomic mass is 19.4. The molecular weight excluding hydrogens is 209 g/mol. The van der Waals surface area contributed by atoms with Crippen LogP contribution in [0.1, 0.15) is 5.56 Å². The predicted molar refractivity (Wildman–Crippen MR) is 39.1 cm³/mol. The Morgan fingerprint density at radius 2 is 1.36 bits per heavy atom. The molecule has 0 aliphatic heterocycles. The van der Waals surface area contributed by atoms with Gasteiger partial charge in [0.2, 0.25) is 0 Å². The van der Waals surface area contributed by atoms with Crippen LogP contribution in [0.2, 0.25) is 0 Å². The molecule has 78 valence electrons. The molecule has 0 saturated heterocycles. The summed E-state index contributed by atoms with van der Waals surface area (Å²) in [6.07, 6.45) is -1.42. The summed E-state index contributed by atoms with van der Waals surface area (Å²) in [7, 11) is 0. The van der Waals surface area contributed by atoms with E-state index in [0.717, 1.165) is 0 Å². The van der Waals surface area contributed by atoms with Gasteiger partial charge < -0.3 is 12.9 Å². The fourth-order valence-corrected chi connectivity index (χ4v) is 0.993. The van der Waals surface area contributed by atoms with Crippen LogP contribution in [0, 0.1) is 17.5 Å². The van der Waals surface area contributed by atoms with E-state index in [2.05, 4.69) is 0 Å². The lowest BCUT2D eigenvalue weighted by Gasteiger charge is -2.13. The molecule has 0 bridgehead atoms. The monoisotopic (exact) mass is 213 g/mol. The van der Waals surface area contributed by atoms with Crippen LogP contribution in [0.25, 0.3) is 0 Å². The van der Waals surface area contributed by atoms with Crippen molar-refractivity contribution in [3.8, 4) is 0 Å². The van der Waals surface area contributed by atoms with Crippen LogP contribution in [-0.2, 0) is 6.32 Å². The van der Waals surface area contributed by atoms with E-state index in [9.17, 15) is 26.1 Å². The summed E-state index contributed by atoms with van der Waals surface area (Å²) in [6, 6.07) is 0.682. The summed E-state index contributed by atoms with van der Waals surface area (Å²) in [5.74, 6) is -4.98. The first kappa shape index (κ1) is 10.9. The Bertz CT molecular complexity index is 322. The Kier molecular flexibility index (Phi) is 2.77. The van der Waals surface area contributed by atoms with Crippen molar-refractivity contribution in [3.63, 3.8) is 0 Å². The summed E-state index contributed by atoms with van der Waals surface area (Å²) in [5, 5.41) is 0. The van der Waals surface area contributed by atoms with Crippen LogP contribution in [0.15, 0.2) is 12.1 Å². The number of hydrogen-bond donors (Lipinski definition) is 0. The molecule has 0 atom stereocenters. The largest absolute Gasteiger partial charge is 0.482 e. The van der Waals surface area contributed by atoms with Crippen molar-refractivity contribution in [1.82, 2.24) is 0 Å². The van der Waals surface area contributed by atoms with Crippen molar-refractivity contribution >= 4 is 6.98 Å². The molecule has 0 unspecified atom stereocenters. The normalized spacial score (nSPS) is 11.9. The van der Waals surface area contributed by atoms with Crippen molar-refractivity contribution in [2.75, 3.05) is 0 Å². The molecule has 0 fully saturated rings. The SMILES string of the molecule is Fc1cc(C[B-](F)(F)F)cc(F)c1F. The second-order valence-electron chi connectivity index (χ2n) is 2.79. The quantitative estimate of drug-likeness (QED) is 0.402. The number of rotatable bonds is 2. The summed E-state index contributed by atoms with van der Waals surface area (Å²) in [5.41, 5.74) is -0.617. The molecule has 1 aromatic carbocycles. The zero-order valence-electron chi connectivity index (χ0n) is 6.71. The summed E-state index contributed by atoms with van der Waals surface area (Å²) >= 11 is 0. The molecule has 1 rings (SSSR count). The van der Waals surface area contributed by atoms with Crippen molar-refractivity contribution in [3.05, 3.63) is 35.1 Å². The van der Waals surface area contributed by atoms with Crippen LogP contribution in [0.4, 0.5) is 26.1 Å². The van der Waals surface area contributed by atoms with Gasteiger partial charge >= 0.3 is 6.98 Å². The van der Waals surface area contributed by atoms with E-state index in [-0.39, 0.29) is 0 Å². The Labute approximate surface area is 75.6 Å². The molecule has 0 amide bonds. The van der Waals surface area contributed by atoms with Gasteiger partial charge in [-0.1, -0.05) is 11.9 Å². The third-order valence-electron chi connectivity index (χ3n) is 1.51. The zero-order chi connectivity index (χ0) is 10.9. The van der Waals surface area contributed by atoms with Crippen molar-refractivity contribution in [1.29, 1.82) is 0 Å². The van der Waals surface area contributed by atoms with E-state index < -0.39 is 36.3 Å². The Morgan fingerprint density at radius 1 is 0.929 bits per heavy atom. The molecule has 7 heteroatoms. The van der Waals surface area contributed by atoms with Gasteiger partial charge in [0.25, 0.3) is 0 Å². The smallest absolute Gasteiger partial charge is 0.449 e. The van der Waals surface area contributed by atoms with Crippen LogP contribution < -0.4 is 0 Å². The lowest BCUT2D eigenvalue weighted by Crippen LogP contribution is -2.19. The van der Waals surface area contributed by atoms with Gasteiger partial charge in [0, 0.05) is 0 Å². The van der Waals surface area contributed by atoms with E-state index in [1.165, 1.54) is 0 Å². The second kappa shape index (κ2) is 3.55. The maximum absolute atomic E-state index is 12.4. The minimum atomic E-state index is -5.18. The van der Waals surface area contributed by atoms with E-state index in [1.54, 1.807) is 0 Å². The van der Waals surface area contributed by atoms with Crippen LogP contribution in [-0.4, -0.2) is 6.98 Å². The minimum Gasteiger partial charge on any atom is -0.449 e. The topological polar surface area (TPSA) is 0 Å². The van der Waals surface area contributed by atoms with Crippen LogP contribution in [0.5, 0.6) is 0 Å². The number of hydrogen-bond acceptors (Lipinski definition) is 0. The highest BCUT2D eigenvalue weighted by Gasteiger charge is 2.24. The lowest BCUT2D eigenvalue weighted by atomic mass is 9.82. The first-order valence-electron chi connectivity index (χ1n) is 3.64. The molecule has 0 nitrogen and oxygen atoms in total. The minimum absolute atomic E-state index is 0.341. The van der Waals surface area contributed by atoms with Gasteiger partial charge in [0.15, 0.2) is 17.5 Å². The lowest BCUT2D eigenvalue weighted by molar-refractivity contribution is 0.442. The van der Waals surface area contributed by atoms with Crippen LogP contribution >= 0.6 is 0 Å². The molecule has 1 aromatic rings. The second-order valence-corrected chi connectivity index (χ2v) is 2.79. The summed E-state index contributed by atoms with van der Waals surface area (Å²) < 4.78 is 72.7. The molecule has 0 radical (unpaired) electrons. The molecule has 0 aliphatic rings. The third-order valence-corrected chi connectivity index (χ3v) is 1.51. The van der Waals surface area contributed by atoms with Gasteiger partial charge in [0.05, 0.1) is 0 Å². The standard InChI is InChI=1S/C7H4BF6/c9-5-1-4(3-8(12,13)14)2-6(10)7(5)11/h1-2H,3H2/q-1. The van der Waals surface area contributed by atoms with E-state index in [4.69, 9.17) is 0 Å². The van der Waals surface area contributed by atoms with Crippen molar-refractivity contribution < 1.29 is 26.1 Å². The van der Waals surface area contributed by atoms with E-state index >= 15 is 0 Å². The van der Waals surface area contributed by atoms with E-state index in [1.807, 2.05) is 0 Å².